The molecule has 0 unspecified atom stereocenters. The highest BCUT2D eigenvalue weighted by atomic mass is 35.5. The van der Waals surface area contributed by atoms with Crippen LogP contribution in [-0.2, 0) is 9.53 Å². The molecule has 3 amide bonds. The molecule has 1 atom stereocenters. The van der Waals surface area contributed by atoms with Gasteiger partial charge in [-0.2, -0.15) is 0 Å². The Bertz CT molecular complexity index is 472. The third-order valence-corrected chi connectivity index (χ3v) is 2.23. The highest BCUT2D eigenvalue weighted by Crippen LogP contribution is 2.11. The molecule has 0 aliphatic carbocycles. The van der Waals surface area contributed by atoms with Crippen molar-refractivity contribution >= 4 is 29.5 Å². The summed E-state index contributed by atoms with van der Waals surface area (Å²) in [5, 5.41) is 2.29. The Labute approximate surface area is 108 Å². The number of esters is 1. The minimum absolute atomic E-state index is 0.248. The predicted molar refractivity (Wildman–Crippen MR) is 64.1 cm³/mol. The fourth-order valence-electron chi connectivity index (χ4n) is 1.09. The number of amides is 3. The van der Waals surface area contributed by atoms with E-state index in [1.807, 2.05) is 5.32 Å². The lowest BCUT2D eigenvalue weighted by molar-refractivity contribution is -0.127. The molecule has 0 bridgehead atoms. The van der Waals surface area contributed by atoms with Crippen LogP contribution in [0.15, 0.2) is 24.3 Å². The molecular formula is C11H11ClN2O4. The highest BCUT2D eigenvalue weighted by Gasteiger charge is 2.19. The number of halogens is 1. The third kappa shape index (κ3) is 4.06. The van der Waals surface area contributed by atoms with Crippen molar-refractivity contribution in [3.63, 3.8) is 0 Å². The molecule has 1 rings (SSSR count). The normalized spacial score (nSPS) is 11.4. The maximum atomic E-state index is 11.6. The van der Waals surface area contributed by atoms with Gasteiger partial charge < -0.3 is 10.5 Å². The van der Waals surface area contributed by atoms with E-state index < -0.39 is 24.0 Å². The summed E-state index contributed by atoms with van der Waals surface area (Å²) >= 11 is 5.66. The van der Waals surface area contributed by atoms with Gasteiger partial charge in [0, 0.05) is 5.02 Å². The van der Waals surface area contributed by atoms with E-state index in [4.69, 9.17) is 22.1 Å². The van der Waals surface area contributed by atoms with E-state index in [1.54, 1.807) is 0 Å². The first-order valence-corrected chi connectivity index (χ1v) is 5.35. The van der Waals surface area contributed by atoms with Crippen molar-refractivity contribution in [2.24, 2.45) is 5.73 Å². The largest absolute Gasteiger partial charge is 0.449 e. The molecule has 0 spiro atoms. The van der Waals surface area contributed by atoms with E-state index >= 15 is 0 Å². The third-order valence-electron chi connectivity index (χ3n) is 1.98. The van der Waals surface area contributed by atoms with Crippen LogP contribution >= 0.6 is 11.6 Å². The number of rotatable bonds is 3. The molecule has 0 aliphatic rings. The molecule has 96 valence electrons. The fourth-order valence-corrected chi connectivity index (χ4v) is 1.22. The SMILES string of the molecule is C[C@@H](OC(=O)c1ccc(Cl)cc1)C(=O)NC(N)=O. The quantitative estimate of drug-likeness (QED) is 0.803. The maximum absolute atomic E-state index is 11.6. The topological polar surface area (TPSA) is 98.5 Å². The smallest absolute Gasteiger partial charge is 0.338 e. The zero-order valence-corrected chi connectivity index (χ0v) is 10.2. The molecule has 1 aromatic carbocycles. The van der Waals surface area contributed by atoms with Gasteiger partial charge >= 0.3 is 12.0 Å². The molecular weight excluding hydrogens is 260 g/mol. The summed E-state index contributed by atoms with van der Waals surface area (Å²) in [7, 11) is 0. The number of nitrogens with two attached hydrogens (primary N) is 1. The predicted octanol–water partition coefficient (Wildman–Crippen LogP) is 1.08. The molecule has 6 nitrogen and oxygen atoms in total. The summed E-state index contributed by atoms with van der Waals surface area (Å²) in [6, 6.07) is 4.96. The lowest BCUT2D eigenvalue weighted by atomic mass is 10.2. The van der Waals surface area contributed by atoms with Gasteiger partial charge in [0.1, 0.15) is 0 Å². The van der Waals surface area contributed by atoms with Gasteiger partial charge in [-0.1, -0.05) is 11.6 Å². The van der Waals surface area contributed by atoms with Crippen molar-refractivity contribution in [2.75, 3.05) is 0 Å². The van der Waals surface area contributed by atoms with E-state index in [0.29, 0.717) is 5.02 Å². The van der Waals surface area contributed by atoms with Crippen LogP contribution in [0, 0.1) is 0 Å². The van der Waals surface area contributed by atoms with E-state index in [0.717, 1.165) is 0 Å². The second kappa shape index (κ2) is 6.02. The number of hydrogen-bond acceptors (Lipinski definition) is 4. The first-order valence-electron chi connectivity index (χ1n) is 4.97. The van der Waals surface area contributed by atoms with Gasteiger partial charge in [-0.25, -0.2) is 9.59 Å². The average molecular weight is 271 g/mol. The number of urea groups is 1. The van der Waals surface area contributed by atoms with Gasteiger partial charge in [0.15, 0.2) is 6.10 Å². The zero-order valence-electron chi connectivity index (χ0n) is 9.48. The van der Waals surface area contributed by atoms with Crippen LogP contribution in [0.4, 0.5) is 4.79 Å². The standard InChI is InChI=1S/C11H11ClN2O4/c1-6(9(15)14-11(13)17)18-10(16)7-2-4-8(12)5-3-7/h2-6H,1H3,(H3,13,14,15,17)/t6-/m1/s1. The number of ether oxygens (including phenoxy) is 1. The second-order valence-corrected chi connectivity index (χ2v) is 3.84. The minimum atomic E-state index is -1.12. The lowest BCUT2D eigenvalue weighted by Gasteiger charge is -2.11. The molecule has 0 aliphatic heterocycles. The number of primary amides is 1. The van der Waals surface area contributed by atoms with Crippen LogP contribution in [-0.4, -0.2) is 24.0 Å². The van der Waals surface area contributed by atoms with Crippen LogP contribution in [0.1, 0.15) is 17.3 Å². The molecule has 7 heteroatoms. The van der Waals surface area contributed by atoms with Crippen molar-refractivity contribution in [1.82, 2.24) is 5.32 Å². The number of imide groups is 1. The van der Waals surface area contributed by atoms with Gasteiger partial charge in [-0.05, 0) is 31.2 Å². The van der Waals surface area contributed by atoms with Gasteiger partial charge in [-0.3, -0.25) is 10.1 Å². The molecule has 0 aromatic heterocycles. The molecule has 0 saturated carbocycles. The number of hydrogen-bond donors (Lipinski definition) is 2. The fraction of sp³-hybridized carbons (Fsp3) is 0.182. The number of benzene rings is 1. The van der Waals surface area contributed by atoms with Crippen LogP contribution < -0.4 is 11.1 Å². The summed E-state index contributed by atoms with van der Waals surface area (Å²) in [5.41, 5.74) is 5.01. The molecule has 0 radical (unpaired) electrons. The van der Waals surface area contributed by atoms with Crippen molar-refractivity contribution < 1.29 is 19.1 Å². The van der Waals surface area contributed by atoms with E-state index in [1.165, 1.54) is 31.2 Å². The zero-order chi connectivity index (χ0) is 13.7. The molecule has 0 fully saturated rings. The van der Waals surface area contributed by atoms with Gasteiger partial charge in [0.2, 0.25) is 0 Å². The molecule has 3 N–H and O–H groups in total. The Balaban J connectivity index is 2.62. The Kier molecular flexibility index (Phi) is 4.67. The summed E-state index contributed by atoms with van der Waals surface area (Å²) in [5.74, 6) is -1.48. The van der Waals surface area contributed by atoms with Crippen molar-refractivity contribution in [2.45, 2.75) is 13.0 Å². The highest BCUT2D eigenvalue weighted by molar-refractivity contribution is 6.30. The minimum Gasteiger partial charge on any atom is -0.449 e. The van der Waals surface area contributed by atoms with Crippen molar-refractivity contribution in [3.05, 3.63) is 34.9 Å². The van der Waals surface area contributed by atoms with Crippen molar-refractivity contribution in [3.8, 4) is 0 Å². The van der Waals surface area contributed by atoms with Gasteiger partial charge in [0.05, 0.1) is 5.56 Å². The summed E-state index contributed by atoms with van der Waals surface area (Å²) in [4.78, 5) is 33.3. The lowest BCUT2D eigenvalue weighted by Crippen LogP contribution is -2.42. The van der Waals surface area contributed by atoms with Crippen LogP contribution in [0.2, 0.25) is 5.02 Å². The van der Waals surface area contributed by atoms with Crippen molar-refractivity contribution in [1.29, 1.82) is 0 Å². The summed E-state index contributed by atoms with van der Waals surface area (Å²) in [6.07, 6.45) is -1.12. The van der Waals surface area contributed by atoms with Crippen LogP contribution in [0.3, 0.4) is 0 Å². The first-order chi connectivity index (χ1) is 8.40. The Hall–Kier alpha value is -2.08. The summed E-state index contributed by atoms with van der Waals surface area (Å²) < 4.78 is 4.84. The Morgan fingerprint density at radius 2 is 1.83 bits per heavy atom. The number of carbonyl (C=O) groups is 3. The van der Waals surface area contributed by atoms with E-state index in [-0.39, 0.29) is 5.56 Å². The molecule has 1 aromatic rings. The number of nitrogens with one attached hydrogen (secondary N) is 1. The molecule has 18 heavy (non-hydrogen) atoms. The average Bonchev–Trinajstić information content (AvgIpc) is 2.28. The molecule has 0 heterocycles. The Morgan fingerprint density at radius 3 is 2.33 bits per heavy atom. The van der Waals surface area contributed by atoms with Gasteiger partial charge in [0.25, 0.3) is 5.91 Å². The second-order valence-electron chi connectivity index (χ2n) is 3.41. The van der Waals surface area contributed by atoms with Gasteiger partial charge in [-0.15, -0.1) is 0 Å². The van der Waals surface area contributed by atoms with Crippen LogP contribution in [0.5, 0.6) is 0 Å². The molecule has 0 saturated heterocycles. The first kappa shape index (κ1) is 14.0. The monoisotopic (exact) mass is 270 g/mol. The van der Waals surface area contributed by atoms with Crippen LogP contribution in [0.25, 0.3) is 0 Å². The number of carbonyl (C=O) groups excluding carboxylic acids is 3. The Morgan fingerprint density at radius 1 is 1.28 bits per heavy atom. The van der Waals surface area contributed by atoms with E-state index in [9.17, 15) is 14.4 Å². The summed E-state index contributed by atoms with van der Waals surface area (Å²) in [6.45, 7) is 1.33. The maximum Gasteiger partial charge on any atom is 0.338 e. The van der Waals surface area contributed by atoms with E-state index in [2.05, 4.69) is 0 Å².